The average molecular weight is 595 g/mol. The van der Waals surface area contributed by atoms with E-state index in [1.807, 2.05) is 48.8 Å². The largest absolute Gasteiger partial charge is 0.457 e. The van der Waals surface area contributed by atoms with Crippen molar-refractivity contribution in [3.05, 3.63) is 146 Å². The van der Waals surface area contributed by atoms with Gasteiger partial charge in [-0.2, -0.15) is 0 Å². The van der Waals surface area contributed by atoms with E-state index >= 15 is 0 Å². The lowest BCUT2D eigenvalue weighted by atomic mass is 9.92. The normalized spacial score (nSPS) is 12.2. The van der Waals surface area contributed by atoms with Gasteiger partial charge in [0, 0.05) is 57.8 Å². The van der Waals surface area contributed by atoms with E-state index in [1.165, 1.54) is 0 Å². The lowest BCUT2D eigenvalue weighted by molar-refractivity contribution is 0.125. The molecule has 5 heteroatoms. The van der Waals surface area contributed by atoms with Gasteiger partial charge in [0.25, 0.3) is 0 Å². The molecule has 0 radical (unpaired) electrons. The molecule has 0 saturated heterocycles. The van der Waals surface area contributed by atoms with Gasteiger partial charge in [-0.1, -0.05) is 48.5 Å². The number of benzene rings is 5. The Morgan fingerprint density at radius 1 is 0.413 bits per heavy atom. The van der Waals surface area contributed by atoms with Crippen molar-refractivity contribution in [1.82, 2.24) is 9.97 Å². The number of rotatable bonds is 4. The zero-order chi connectivity index (χ0) is 30.5. The Morgan fingerprint density at radius 2 is 1.04 bits per heavy atom. The maximum absolute atomic E-state index is 6.21. The van der Waals surface area contributed by atoms with E-state index in [9.17, 15) is 0 Å². The molecule has 46 heavy (non-hydrogen) atoms. The van der Waals surface area contributed by atoms with Crippen molar-refractivity contribution in [3.63, 3.8) is 0 Å². The minimum absolute atomic E-state index is 0.131. The number of para-hydroxylation sites is 1. The monoisotopic (exact) mass is 594 g/mol. The second-order valence-corrected chi connectivity index (χ2v) is 11.4. The molecule has 5 nitrogen and oxygen atoms in total. The predicted octanol–water partition coefficient (Wildman–Crippen LogP) is 10.4. The average Bonchev–Trinajstić information content (AvgIpc) is 3.40. The van der Waals surface area contributed by atoms with Crippen LogP contribution in [0.4, 0.5) is 0 Å². The van der Waals surface area contributed by atoms with Crippen molar-refractivity contribution < 1.29 is 13.9 Å². The quantitative estimate of drug-likeness (QED) is 0.203. The van der Waals surface area contributed by atoms with Crippen LogP contribution in [0.2, 0.25) is 0 Å². The number of furan rings is 1. The van der Waals surface area contributed by atoms with E-state index < -0.39 is 0 Å². The van der Waals surface area contributed by atoms with Crippen LogP contribution in [0.3, 0.4) is 0 Å². The number of hydrogen-bond acceptors (Lipinski definition) is 5. The van der Waals surface area contributed by atoms with Crippen molar-refractivity contribution in [1.29, 1.82) is 0 Å². The molecule has 218 valence electrons. The number of hydrogen-bond donors (Lipinski definition) is 0. The molecule has 0 amide bonds. The predicted molar refractivity (Wildman–Crippen MR) is 183 cm³/mol. The number of nitrogens with zero attached hydrogens (tertiary/aromatic N) is 2. The molecule has 1 aliphatic heterocycles. The minimum Gasteiger partial charge on any atom is -0.457 e. The topological polar surface area (TPSA) is 57.4 Å². The Hall–Kier alpha value is -6.20. The van der Waals surface area contributed by atoms with E-state index in [1.54, 1.807) is 12.4 Å². The fourth-order valence-corrected chi connectivity index (χ4v) is 6.35. The van der Waals surface area contributed by atoms with Crippen molar-refractivity contribution in [2.24, 2.45) is 0 Å². The third kappa shape index (κ3) is 4.57. The molecule has 0 fully saturated rings. The van der Waals surface area contributed by atoms with Gasteiger partial charge in [0.1, 0.15) is 22.7 Å². The van der Waals surface area contributed by atoms with Crippen molar-refractivity contribution >= 4 is 21.9 Å². The zero-order valence-corrected chi connectivity index (χ0v) is 24.7. The number of pyridine rings is 2. The van der Waals surface area contributed by atoms with Gasteiger partial charge in [-0.3, -0.25) is 9.97 Å². The molecule has 4 heterocycles. The van der Waals surface area contributed by atoms with Gasteiger partial charge in [-0.05, 0) is 106 Å². The molecule has 5 aromatic carbocycles. The van der Waals surface area contributed by atoms with E-state index in [0.717, 1.165) is 89.1 Å². The Balaban J connectivity index is 1.14. The summed E-state index contributed by atoms with van der Waals surface area (Å²) in [4.78, 5) is 8.72. The first kappa shape index (κ1) is 26.2. The van der Waals surface area contributed by atoms with E-state index in [2.05, 4.69) is 94.9 Å². The molecular weight excluding hydrogens is 568 g/mol. The number of aromatic nitrogens is 2. The Bertz CT molecular complexity index is 2340. The van der Waals surface area contributed by atoms with Gasteiger partial charge in [0.2, 0.25) is 6.79 Å². The molecule has 0 atom stereocenters. The number of fused-ring (bicyclic) bond motifs is 6. The summed E-state index contributed by atoms with van der Waals surface area (Å²) in [6.45, 7) is 0.131. The molecule has 0 saturated carbocycles. The summed E-state index contributed by atoms with van der Waals surface area (Å²) >= 11 is 0. The second kappa shape index (κ2) is 10.8. The molecule has 0 aliphatic carbocycles. The summed E-state index contributed by atoms with van der Waals surface area (Å²) < 4.78 is 18.4. The summed E-state index contributed by atoms with van der Waals surface area (Å²) in [5.74, 6) is 1.57. The van der Waals surface area contributed by atoms with Crippen LogP contribution in [0.25, 0.3) is 77.6 Å². The maximum atomic E-state index is 6.21. The molecule has 0 bridgehead atoms. The van der Waals surface area contributed by atoms with Gasteiger partial charge in [-0.15, -0.1) is 0 Å². The van der Waals surface area contributed by atoms with Crippen LogP contribution < -0.4 is 9.47 Å². The van der Waals surface area contributed by atoms with Crippen LogP contribution in [0.1, 0.15) is 0 Å². The molecule has 0 N–H and O–H groups in total. The third-order valence-corrected chi connectivity index (χ3v) is 8.65. The van der Waals surface area contributed by atoms with Gasteiger partial charge in [0.05, 0.1) is 0 Å². The van der Waals surface area contributed by atoms with Gasteiger partial charge >= 0.3 is 0 Å². The van der Waals surface area contributed by atoms with Crippen molar-refractivity contribution in [3.8, 4) is 67.1 Å². The fourth-order valence-electron chi connectivity index (χ4n) is 6.35. The third-order valence-electron chi connectivity index (χ3n) is 8.65. The van der Waals surface area contributed by atoms with Crippen LogP contribution in [0, 0.1) is 0 Å². The minimum atomic E-state index is 0.131. The fraction of sp³-hybridized carbons (Fsp3) is 0.0244. The van der Waals surface area contributed by atoms with Crippen molar-refractivity contribution in [2.45, 2.75) is 0 Å². The summed E-state index contributed by atoms with van der Waals surface area (Å²) in [7, 11) is 0. The van der Waals surface area contributed by atoms with E-state index in [-0.39, 0.29) is 6.79 Å². The first-order chi connectivity index (χ1) is 22.8. The first-order valence-electron chi connectivity index (χ1n) is 15.2. The molecule has 3 aromatic heterocycles. The Kier molecular flexibility index (Phi) is 6.13. The summed E-state index contributed by atoms with van der Waals surface area (Å²) in [6.07, 6.45) is 7.38. The van der Waals surface area contributed by atoms with E-state index in [0.29, 0.717) is 0 Å². The SMILES string of the molecule is c1cncc(-c2cc(-c3cccnc3)cc(-c3ccc4c(c3)OCOc3ccc(-c5ccc6oc7ccccc7c6c5)cc3-4)c2)c1. The van der Waals surface area contributed by atoms with Crippen LogP contribution in [0.15, 0.2) is 151 Å². The lowest BCUT2D eigenvalue weighted by Crippen LogP contribution is -2.03. The highest BCUT2D eigenvalue weighted by atomic mass is 16.7. The van der Waals surface area contributed by atoms with Crippen LogP contribution in [-0.2, 0) is 0 Å². The Morgan fingerprint density at radius 3 is 1.80 bits per heavy atom. The lowest BCUT2D eigenvalue weighted by Gasteiger charge is -2.14. The van der Waals surface area contributed by atoms with Crippen LogP contribution in [-0.4, -0.2) is 16.8 Å². The van der Waals surface area contributed by atoms with Gasteiger partial charge < -0.3 is 13.9 Å². The summed E-state index contributed by atoms with van der Waals surface area (Å²) in [6, 6.07) is 41.9. The maximum Gasteiger partial charge on any atom is 0.230 e. The van der Waals surface area contributed by atoms with E-state index in [4.69, 9.17) is 13.9 Å². The highest BCUT2D eigenvalue weighted by Crippen LogP contribution is 2.44. The molecule has 8 aromatic rings. The van der Waals surface area contributed by atoms with Crippen LogP contribution >= 0.6 is 0 Å². The van der Waals surface area contributed by atoms with Gasteiger partial charge in [-0.25, -0.2) is 0 Å². The molecule has 0 unspecified atom stereocenters. The highest BCUT2D eigenvalue weighted by molar-refractivity contribution is 6.06. The zero-order valence-electron chi connectivity index (χ0n) is 24.7. The molecule has 0 spiro atoms. The summed E-state index contributed by atoms with van der Waals surface area (Å²) in [5.41, 5.74) is 12.4. The second-order valence-electron chi connectivity index (χ2n) is 11.4. The smallest absolute Gasteiger partial charge is 0.230 e. The molecular formula is C41H26N2O3. The molecule has 1 aliphatic rings. The first-order valence-corrected chi connectivity index (χ1v) is 15.2. The van der Waals surface area contributed by atoms with Gasteiger partial charge in [0.15, 0.2) is 0 Å². The standard InChI is InChI=1S/C41H26N2O3/c1-2-8-39-34(7-1)37-21-27(11-14-40(37)46-39)26-10-13-38-36(20-26)35-12-9-28(22-41(35)45-25-44-38)31-17-32(29-5-3-15-42-23-29)19-33(18-31)30-6-4-16-43-24-30/h1-24H,25H2. The van der Waals surface area contributed by atoms with Crippen LogP contribution in [0.5, 0.6) is 11.5 Å². The molecule has 9 rings (SSSR count). The summed E-state index contributed by atoms with van der Waals surface area (Å²) in [5, 5.41) is 2.22. The van der Waals surface area contributed by atoms with Crippen molar-refractivity contribution in [2.75, 3.05) is 6.79 Å². The number of ether oxygens (including phenoxy) is 2. The highest BCUT2D eigenvalue weighted by Gasteiger charge is 2.19. The Labute approximate surface area is 265 Å².